The van der Waals surface area contributed by atoms with Gasteiger partial charge in [-0.2, -0.15) is 0 Å². The van der Waals surface area contributed by atoms with Gasteiger partial charge in [-0.25, -0.2) is 4.98 Å². The van der Waals surface area contributed by atoms with Gasteiger partial charge in [0.1, 0.15) is 18.0 Å². The van der Waals surface area contributed by atoms with Gasteiger partial charge in [0.05, 0.1) is 18.5 Å². The lowest BCUT2D eigenvalue weighted by Gasteiger charge is -2.03. The maximum Gasteiger partial charge on any atom is 0.311 e. The maximum atomic E-state index is 10.6. The van der Waals surface area contributed by atoms with Crippen LogP contribution in [0.5, 0.6) is 5.75 Å². The second-order valence-corrected chi connectivity index (χ2v) is 3.77. The van der Waals surface area contributed by atoms with Gasteiger partial charge < -0.3 is 14.8 Å². The van der Waals surface area contributed by atoms with Crippen molar-refractivity contribution < 1.29 is 14.6 Å². The molecule has 1 heterocycles. The lowest BCUT2D eigenvalue weighted by atomic mass is 10.2. The molecule has 2 rings (SSSR count). The molecule has 1 aromatic carbocycles. The summed E-state index contributed by atoms with van der Waals surface area (Å²) in [6, 6.07) is 7.55. The number of hydrogen-bond acceptors (Lipinski definition) is 3. The third-order valence-corrected chi connectivity index (χ3v) is 2.42. The van der Waals surface area contributed by atoms with Gasteiger partial charge in [0.25, 0.3) is 0 Å². The van der Waals surface area contributed by atoms with E-state index in [2.05, 4.69) is 9.97 Å². The van der Waals surface area contributed by atoms with Crippen molar-refractivity contribution in [2.24, 2.45) is 0 Å². The van der Waals surface area contributed by atoms with E-state index in [0.29, 0.717) is 12.4 Å². The molecule has 1 aromatic heterocycles. The van der Waals surface area contributed by atoms with Gasteiger partial charge in [-0.05, 0) is 36.8 Å². The smallest absolute Gasteiger partial charge is 0.311 e. The number of nitrogens with one attached hydrogen (secondary N) is 1. The molecule has 0 saturated heterocycles. The van der Waals surface area contributed by atoms with Crippen molar-refractivity contribution in [1.29, 1.82) is 0 Å². The van der Waals surface area contributed by atoms with Crippen LogP contribution in [-0.2, 0) is 11.2 Å². The van der Waals surface area contributed by atoms with Gasteiger partial charge in [-0.1, -0.05) is 0 Å². The highest BCUT2D eigenvalue weighted by Gasteiger charge is 2.06. The molecule has 0 unspecified atom stereocenters. The lowest BCUT2D eigenvalue weighted by molar-refractivity contribution is -0.136. The van der Waals surface area contributed by atoms with Crippen molar-refractivity contribution in [2.75, 3.05) is 6.61 Å². The molecule has 5 heteroatoms. The van der Waals surface area contributed by atoms with Crippen LogP contribution in [0.25, 0.3) is 11.3 Å². The molecule has 2 N–H and O–H groups in total. The van der Waals surface area contributed by atoms with E-state index in [0.717, 1.165) is 17.0 Å². The Hall–Kier alpha value is -2.30. The molecule has 0 atom stereocenters. The number of nitrogens with zero attached hydrogens (tertiary/aromatic N) is 1. The topological polar surface area (TPSA) is 75.2 Å². The van der Waals surface area contributed by atoms with Gasteiger partial charge in [-0.15, -0.1) is 0 Å². The Bertz CT molecular complexity index is 531. The fourth-order valence-electron chi connectivity index (χ4n) is 1.64. The number of aromatic nitrogens is 2. The van der Waals surface area contributed by atoms with Crippen LogP contribution in [0, 0.1) is 0 Å². The molecule has 0 aliphatic heterocycles. The van der Waals surface area contributed by atoms with Crippen molar-refractivity contribution in [3.63, 3.8) is 0 Å². The monoisotopic (exact) mass is 246 g/mol. The normalized spacial score (nSPS) is 10.3. The Labute approximate surface area is 104 Å². The number of H-pyrrole nitrogens is 1. The van der Waals surface area contributed by atoms with E-state index in [1.54, 1.807) is 6.20 Å². The third kappa shape index (κ3) is 2.88. The number of carbonyl (C=O) groups is 1. The van der Waals surface area contributed by atoms with Crippen LogP contribution in [0.1, 0.15) is 12.7 Å². The van der Waals surface area contributed by atoms with E-state index in [1.807, 2.05) is 31.2 Å². The highest BCUT2D eigenvalue weighted by molar-refractivity contribution is 5.69. The van der Waals surface area contributed by atoms with E-state index in [9.17, 15) is 4.79 Å². The van der Waals surface area contributed by atoms with E-state index < -0.39 is 5.97 Å². The fraction of sp³-hybridized carbons (Fsp3) is 0.231. The van der Waals surface area contributed by atoms with Gasteiger partial charge in [-0.3, -0.25) is 4.79 Å². The number of benzene rings is 1. The third-order valence-electron chi connectivity index (χ3n) is 2.42. The standard InChI is InChI=1S/C13H14N2O3/c1-2-18-10-5-3-9(4-6-10)11-8-14-12(15-11)7-13(16)17/h3-6,8H,2,7H2,1H3,(H,14,15)(H,16,17). The highest BCUT2D eigenvalue weighted by Crippen LogP contribution is 2.20. The number of carboxylic acids is 1. The first-order valence-electron chi connectivity index (χ1n) is 5.68. The summed E-state index contributed by atoms with van der Waals surface area (Å²) in [6.45, 7) is 2.56. The average Bonchev–Trinajstić information content (AvgIpc) is 2.78. The van der Waals surface area contributed by atoms with Gasteiger partial charge in [0, 0.05) is 0 Å². The van der Waals surface area contributed by atoms with Crippen LogP contribution in [-0.4, -0.2) is 27.7 Å². The molecular weight excluding hydrogens is 232 g/mol. The number of carboxylic acid groups (broad SMARTS) is 1. The Morgan fingerprint density at radius 2 is 2.11 bits per heavy atom. The summed E-state index contributed by atoms with van der Waals surface area (Å²) >= 11 is 0. The number of ether oxygens (including phenoxy) is 1. The molecule has 0 saturated carbocycles. The quantitative estimate of drug-likeness (QED) is 0.847. The minimum atomic E-state index is -0.900. The predicted molar refractivity (Wildman–Crippen MR) is 66.5 cm³/mol. The van der Waals surface area contributed by atoms with E-state index in [1.165, 1.54) is 0 Å². The molecule has 0 fully saturated rings. The first-order valence-corrected chi connectivity index (χ1v) is 5.68. The van der Waals surface area contributed by atoms with E-state index in [-0.39, 0.29) is 6.42 Å². The summed E-state index contributed by atoms with van der Waals surface area (Å²) < 4.78 is 5.35. The molecule has 0 spiro atoms. The molecule has 5 nitrogen and oxygen atoms in total. The van der Waals surface area contributed by atoms with Crippen LogP contribution in [0.4, 0.5) is 0 Å². The van der Waals surface area contributed by atoms with Crippen molar-refractivity contribution in [2.45, 2.75) is 13.3 Å². The first-order chi connectivity index (χ1) is 8.69. The van der Waals surface area contributed by atoms with Crippen molar-refractivity contribution >= 4 is 5.97 Å². The zero-order valence-corrected chi connectivity index (χ0v) is 10.0. The second-order valence-electron chi connectivity index (χ2n) is 3.77. The molecule has 94 valence electrons. The van der Waals surface area contributed by atoms with Crippen LogP contribution < -0.4 is 4.74 Å². The molecule has 0 aliphatic rings. The molecule has 18 heavy (non-hydrogen) atoms. The van der Waals surface area contributed by atoms with Crippen molar-refractivity contribution in [1.82, 2.24) is 9.97 Å². The van der Waals surface area contributed by atoms with Crippen LogP contribution in [0.3, 0.4) is 0 Å². The molecular formula is C13H14N2O3. The summed E-state index contributed by atoms with van der Waals surface area (Å²) in [5, 5.41) is 8.67. The first kappa shape index (κ1) is 12.2. The van der Waals surface area contributed by atoms with E-state index in [4.69, 9.17) is 9.84 Å². The minimum absolute atomic E-state index is 0.100. The number of imidazole rings is 1. The van der Waals surface area contributed by atoms with Crippen molar-refractivity contribution in [3.8, 4) is 17.0 Å². The summed E-state index contributed by atoms with van der Waals surface area (Å²) in [5.41, 5.74) is 1.75. The molecule has 0 bridgehead atoms. The Morgan fingerprint density at radius 1 is 1.39 bits per heavy atom. The Kier molecular flexibility index (Phi) is 3.62. The van der Waals surface area contributed by atoms with Gasteiger partial charge in [0.2, 0.25) is 0 Å². The summed E-state index contributed by atoms with van der Waals surface area (Å²) in [6.07, 6.45) is 1.53. The molecule has 0 radical (unpaired) electrons. The second kappa shape index (κ2) is 5.35. The molecule has 0 aliphatic carbocycles. The number of aliphatic carboxylic acids is 1. The minimum Gasteiger partial charge on any atom is -0.494 e. The van der Waals surface area contributed by atoms with E-state index >= 15 is 0 Å². The molecule has 2 aromatic rings. The summed E-state index contributed by atoms with van der Waals surface area (Å²) in [5.74, 6) is 0.362. The zero-order valence-electron chi connectivity index (χ0n) is 10.0. The fourth-order valence-corrected chi connectivity index (χ4v) is 1.64. The lowest BCUT2D eigenvalue weighted by Crippen LogP contribution is -2.01. The summed E-state index contributed by atoms with van der Waals surface area (Å²) in [4.78, 5) is 17.6. The Balaban J connectivity index is 2.15. The number of rotatable bonds is 5. The predicted octanol–water partition coefficient (Wildman–Crippen LogP) is 2.10. The van der Waals surface area contributed by atoms with Crippen LogP contribution in [0.15, 0.2) is 30.5 Å². The number of hydrogen-bond donors (Lipinski definition) is 2. The van der Waals surface area contributed by atoms with Gasteiger partial charge >= 0.3 is 5.97 Å². The highest BCUT2D eigenvalue weighted by atomic mass is 16.5. The Morgan fingerprint density at radius 3 is 2.72 bits per heavy atom. The average molecular weight is 246 g/mol. The summed E-state index contributed by atoms with van der Waals surface area (Å²) in [7, 11) is 0. The zero-order chi connectivity index (χ0) is 13.0. The largest absolute Gasteiger partial charge is 0.494 e. The van der Waals surface area contributed by atoms with Crippen LogP contribution >= 0.6 is 0 Å². The van der Waals surface area contributed by atoms with Crippen molar-refractivity contribution in [3.05, 3.63) is 36.3 Å². The molecule has 0 amide bonds. The van der Waals surface area contributed by atoms with Crippen LogP contribution in [0.2, 0.25) is 0 Å². The number of aromatic amines is 1. The van der Waals surface area contributed by atoms with Gasteiger partial charge in [0.15, 0.2) is 0 Å². The maximum absolute atomic E-state index is 10.6. The SMILES string of the molecule is CCOc1ccc(-c2cnc(CC(=O)O)[nH]2)cc1.